The van der Waals surface area contributed by atoms with Crippen LogP contribution in [0.5, 0.6) is 0 Å². The zero-order chi connectivity index (χ0) is 14.7. The van der Waals surface area contributed by atoms with Crippen LogP contribution < -0.4 is 0 Å². The van der Waals surface area contributed by atoms with E-state index in [4.69, 9.17) is 0 Å². The summed E-state index contributed by atoms with van der Waals surface area (Å²) in [6, 6.07) is 9.94. The van der Waals surface area contributed by atoms with Crippen LogP contribution >= 0.6 is 0 Å². The van der Waals surface area contributed by atoms with Gasteiger partial charge in [-0.25, -0.2) is 9.37 Å². The van der Waals surface area contributed by atoms with E-state index >= 15 is 0 Å². The van der Waals surface area contributed by atoms with E-state index in [1.807, 2.05) is 12.1 Å². The Bertz CT molecular complexity index is 727. The van der Waals surface area contributed by atoms with Gasteiger partial charge in [0.25, 0.3) is 0 Å². The van der Waals surface area contributed by atoms with Crippen molar-refractivity contribution in [3.8, 4) is 11.4 Å². The molecule has 2 aromatic heterocycles. The molecule has 0 radical (unpaired) electrons. The zero-order valence-electron chi connectivity index (χ0n) is 11.2. The van der Waals surface area contributed by atoms with Crippen molar-refractivity contribution in [3.63, 3.8) is 0 Å². The lowest BCUT2D eigenvalue weighted by molar-refractivity contribution is 0.152. The molecule has 0 aliphatic heterocycles. The number of rotatable bonds is 4. The quantitative estimate of drug-likeness (QED) is 0.801. The Hall–Kier alpha value is -2.53. The Morgan fingerprint density at radius 1 is 1.14 bits per heavy atom. The van der Waals surface area contributed by atoms with Crippen molar-refractivity contribution in [2.45, 2.75) is 12.6 Å². The van der Waals surface area contributed by atoms with Crippen molar-refractivity contribution in [2.24, 2.45) is 0 Å². The van der Waals surface area contributed by atoms with Gasteiger partial charge in [-0.05, 0) is 18.2 Å². The van der Waals surface area contributed by atoms with Gasteiger partial charge in [-0.2, -0.15) is 0 Å². The van der Waals surface area contributed by atoms with Crippen molar-refractivity contribution in [1.82, 2.24) is 14.5 Å². The van der Waals surface area contributed by atoms with E-state index in [-0.39, 0.29) is 12.1 Å². The SMILES string of the molecule is OC(Cn1ccnc1-c1cccnc1)c1ccccc1F. The summed E-state index contributed by atoms with van der Waals surface area (Å²) in [6.45, 7) is 0.227. The van der Waals surface area contributed by atoms with Crippen LogP contribution in [-0.2, 0) is 6.54 Å². The summed E-state index contributed by atoms with van der Waals surface area (Å²) < 4.78 is 15.5. The molecule has 1 N–H and O–H groups in total. The second-order valence-electron chi connectivity index (χ2n) is 4.68. The predicted octanol–water partition coefficient (Wildman–Crippen LogP) is 2.82. The van der Waals surface area contributed by atoms with Crippen molar-refractivity contribution in [1.29, 1.82) is 0 Å². The Balaban J connectivity index is 1.87. The molecule has 106 valence electrons. The lowest BCUT2D eigenvalue weighted by Crippen LogP contribution is -2.10. The molecule has 1 atom stereocenters. The number of nitrogens with zero attached hydrogens (tertiary/aromatic N) is 3. The molecule has 3 rings (SSSR count). The summed E-state index contributed by atoms with van der Waals surface area (Å²) in [7, 11) is 0. The fourth-order valence-electron chi connectivity index (χ4n) is 2.24. The smallest absolute Gasteiger partial charge is 0.141 e. The number of aliphatic hydroxyl groups excluding tert-OH is 1. The number of benzene rings is 1. The fraction of sp³-hybridized carbons (Fsp3) is 0.125. The third kappa shape index (κ3) is 2.83. The van der Waals surface area contributed by atoms with Crippen LogP contribution in [0.1, 0.15) is 11.7 Å². The van der Waals surface area contributed by atoms with Crippen LogP contribution in [0.15, 0.2) is 61.2 Å². The number of imidazole rings is 1. The van der Waals surface area contributed by atoms with Crippen molar-refractivity contribution in [3.05, 3.63) is 72.6 Å². The van der Waals surface area contributed by atoms with Crippen molar-refractivity contribution >= 4 is 0 Å². The number of aromatic nitrogens is 3. The topological polar surface area (TPSA) is 50.9 Å². The van der Waals surface area contributed by atoms with Crippen LogP contribution in [0.3, 0.4) is 0 Å². The first-order valence-electron chi connectivity index (χ1n) is 6.60. The number of hydrogen-bond acceptors (Lipinski definition) is 3. The predicted molar refractivity (Wildman–Crippen MR) is 76.8 cm³/mol. The average Bonchev–Trinajstić information content (AvgIpc) is 2.96. The number of aliphatic hydroxyl groups is 1. The maximum atomic E-state index is 13.7. The number of hydrogen-bond donors (Lipinski definition) is 1. The Morgan fingerprint density at radius 2 is 2.00 bits per heavy atom. The van der Waals surface area contributed by atoms with E-state index in [2.05, 4.69) is 9.97 Å². The Labute approximate surface area is 121 Å². The summed E-state index contributed by atoms with van der Waals surface area (Å²) in [5, 5.41) is 10.2. The van der Waals surface area contributed by atoms with Gasteiger partial charge in [0.2, 0.25) is 0 Å². The first-order valence-corrected chi connectivity index (χ1v) is 6.60. The second kappa shape index (κ2) is 5.85. The maximum absolute atomic E-state index is 13.7. The molecule has 1 unspecified atom stereocenters. The van der Waals surface area contributed by atoms with E-state index in [0.29, 0.717) is 5.82 Å². The molecule has 4 nitrogen and oxygen atoms in total. The van der Waals surface area contributed by atoms with Crippen LogP contribution in [0.4, 0.5) is 4.39 Å². The molecule has 0 amide bonds. The molecule has 1 aromatic carbocycles. The minimum absolute atomic E-state index is 0.227. The Morgan fingerprint density at radius 3 is 2.76 bits per heavy atom. The molecule has 0 spiro atoms. The minimum atomic E-state index is -0.934. The normalized spacial score (nSPS) is 12.3. The molecular formula is C16H14FN3O. The van der Waals surface area contributed by atoms with Gasteiger partial charge >= 0.3 is 0 Å². The largest absolute Gasteiger partial charge is 0.386 e. The summed E-state index contributed by atoms with van der Waals surface area (Å²) >= 11 is 0. The number of halogens is 1. The molecule has 0 saturated heterocycles. The van der Waals surface area contributed by atoms with E-state index in [0.717, 1.165) is 5.56 Å². The summed E-state index contributed by atoms with van der Waals surface area (Å²) in [4.78, 5) is 8.33. The standard InChI is InChI=1S/C16H14FN3O/c17-14-6-2-1-5-13(14)15(21)11-20-9-8-19-16(20)12-4-3-7-18-10-12/h1-10,15,21H,11H2. The van der Waals surface area contributed by atoms with E-state index in [9.17, 15) is 9.50 Å². The molecule has 0 aliphatic carbocycles. The molecule has 0 saturated carbocycles. The molecule has 0 aliphatic rings. The molecule has 2 heterocycles. The van der Waals surface area contributed by atoms with Crippen LogP contribution in [0, 0.1) is 5.82 Å². The molecule has 0 fully saturated rings. The van der Waals surface area contributed by atoms with Gasteiger partial charge in [0, 0.05) is 35.9 Å². The lowest BCUT2D eigenvalue weighted by Gasteiger charge is -2.14. The average molecular weight is 283 g/mol. The van der Waals surface area contributed by atoms with Gasteiger partial charge in [-0.15, -0.1) is 0 Å². The van der Waals surface area contributed by atoms with E-state index < -0.39 is 11.9 Å². The highest BCUT2D eigenvalue weighted by Gasteiger charge is 2.15. The Kier molecular flexibility index (Phi) is 3.75. The second-order valence-corrected chi connectivity index (χ2v) is 4.68. The van der Waals surface area contributed by atoms with E-state index in [1.165, 1.54) is 6.07 Å². The van der Waals surface area contributed by atoms with Crippen LogP contribution in [-0.4, -0.2) is 19.6 Å². The van der Waals surface area contributed by atoms with E-state index in [1.54, 1.807) is 47.6 Å². The third-order valence-electron chi connectivity index (χ3n) is 3.27. The third-order valence-corrected chi connectivity index (χ3v) is 3.27. The summed E-state index contributed by atoms with van der Waals surface area (Å²) in [6.07, 6.45) is 5.86. The highest BCUT2D eigenvalue weighted by Crippen LogP contribution is 2.22. The first kappa shape index (κ1) is 13.5. The van der Waals surface area contributed by atoms with Crippen LogP contribution in [0.25, 0.3) is 11.4 Å². The lowest BCUT2D eigenvalue weighted by atomic mass is 10.1. The van der Waals surface area contributed by atoms with Gasteiger partial charge in [-0.3, -0.25) is 4.98 Å². The van der Waals surface area contributed by atoms with Gasteiger partial charge in [0.05, 0.1) is 12.6 Å². The van der Waals surface area contributed by atoms with Crippen LogP contribution in [0.2, 0.25) is 0 Å². The molecule has 5 heteroatoms. The highest BCUT2D eigenvalue weighted by atomic mass is 19.1. The summed E-state index contributed by atoms with van der Waals surface area (Å²) in [5.74, 6) is 0.284. The molecule has 3 aromatic rings. The number of pyridine rings is 1. The summed E-state index contributed by atoms with van der Waals surface area (Å²) in [5.41, 5.74) is 1.13. The molecular weight excluding hydrogens is 269 g/mol. The first-order chi connectivity index (χ1) is 10.3. The van der Waals surface area contributed by atoms with Gasteiger partial charge in [-0.1, -0.05) is 18.2 Å². The highest BCUT2D eigenvalue weighted by molar-refractivity contribution is 5.53. The van der Waals surface area contributed by atoms with Crippen molar-refractivity contribution in [2.75, 3.05) is 0 Å². The maximum Gasteiger partial charge on any atom is 0.141 e. The molecule has 21 heavy (non-hydrogen) atoms. The monoisotopic (exact) mass is 283 g/mol. The van der Waals surface area contributed by atoms with Crippen molar-refractivity contribution < 1.29 is 9.50 Å². The fourth-order valence-corrected chi connectivity index (χ4v) is 2.24. The minimum Gasteiger partial charge on any atom is -0.386 e. The zero-order valence-corrected chi connectivity index (χ0v) is 11.2. The van der Waals surface area contributed by atoms with Gasteiger partial charge in [0.15, 0.2) is 0 Å². The van der Waals surface area contributed by atoms with Gasteiger partial charge in [0.1, 0.15) is 11.6 Å². The van der Waals surface area contributed by atoms with Gasteiger partial charge < -0.3 is 9.67 Å². The molecule has 0 bridgehead atoms.